The third-order valence-corrected chi connectivity index (χ3v) is 13.7. The van der Waals surface area contributed by atoms with Crippen LogP contribution in [0.5, 0.6) is 5.75 Å². The third kappa shape index (κ3) is 9.71. The lowest BCUT2D eigenvalue weighted by atomic mass is 9.83. The van der Waals surface area contributed by atoms with E-state index in [4.69, 9.17) is 16.3 Å². The number of carbonyl (C=O) groups excluding carboxylic acids is 1. The molecule has 2 saturated heterocycles. The van der Waals surface area contributed by atoms with Gasteiger partial charge in [-0.3, -0.25) is 9.78 Å². The molecular weight excluding hydrogens is 771 g/mol. The maximum atomic E-state index is 13.9. The summed E-state index contributed by atoms with van der Waals surface area (Å²) in [6.07, 6.45) is 6.51. The van der Waals surface area contributed by atoms with Gasteiger partial charge in [0.2, 0.25) is 10.0 Å². The number of alkyl halides is 3. The molecule has 13 nitrogen and oxygen atoms in total. The SMILES string of the molecule is CC[C@H](CCC[C@@H]1CNCCN1c1cnc(NC(=O)C2(Oc3ccc(C#N)c(Cl)c3)CCCCC2)cn1)S(=O)(=O)N1CCN[C@H](c2cncc(C(F)(F)F)c2)C1. The second-order valence-electron chi connectivity index (χ2n) is 14.6. The first-order valence-electron chi connectivity index (χ1n) is 19.1. The van der Waals surface area contributed by atoms with E-state index in [0.717, 1.165) is 38.1 Å². The average molecular weight is 818 g/mol. The van der Waals surface area contributed by atoms with Crippen molar-refractivity contribution < 1.29 is 31.1 Å². The van der Waals surface area contributed by atoms with Gasteiger partial charge in [0.05, 0.1) is 33.8 Å². The largest absolute Gasteiger partial charge is 0.477 e. The average Bonchev–Trinajstić information content (AvgIpc) is 3.20. The van der Waals surface area contributed by atoms with E-state index in [2.05, 4.69) is 35.8 Å². The number of pyridine rings is 1. The number of rotatable bonds is 13. The van der Waals surface area contributed by atoms with Crippen LogP contribution in [0.4, 0.5) is 24.8 Å². The number of halogens is 4. The Kier molecular flexibility index (Phi) is 13.4. The fraction of sp³-hybridized carbons (Fsp3) is 0.553. The van der Waals surface area contributed by atoms with Crippen LogP contribution in [0.1, 0.15) is 87.4 Å². The van der Waals surface area contributed by atoms with Gasteiger partial charge in [0.15, 0.2) is 11.4 Å². The molecule has 1 amide bonds. The number of hydrogen-bond donors (Lipinski definition) is 3. The van der Waals surface area contributed by atoms with E-state index in [0.29, 0.717) is 80.9 Å². The van der Waals surface area contributed by atoms with Gasteiger partial charge >= 0.3 is 6.18 Å². The van der Waals surface area contributed by atoms with Crippen LogP contribution in [0.2, 0.25) is 5.02 Å². The van der Waals surface area contributed by atoms with Crippen molar-refractivity contribution in [3.8, 4) is 11.8 Å². The van der Waals surface area contributed by atoms with Crippen LogP contribution in [0.15, 0.2) is 49.1 Å². The van der Waals surface area contributed by atoms with Crippen LogP contribution in [0, 0.1) is 11.3 Å². The summed E-state index contributed by atoms with van der Waals surface area (Å²) in [5.74, 6) is 1.00. The molecule has 56 heavy (non-hydrogen) atoms. The van der Waals surface area contributed by atoms with Gasteiger partial charge in [-0.25, -0.2) is 18.4 Å². The summed E-state index contributed by atoms with van der Waals surface area (Å²) in [4.78, 5) is 28.8. The lowest BCUT2D eigenvalue weighted by Gasteiger charge is -2.38. The Morgan fingerprint density at radius 2 is 1.93 bits per heavy atom. The van der Waals surface area contributed by atoms with Gasteiger partial charge in [0.1, 0.15) is 17.6 Å². The van der Waals surface area contributed by atoms with E-state index in [1.807, 2.05) is 13.0 Å². The van der Waals surface area contributed by atoms with E-state index >= 15 is 0 Å². The molecule has 6 rings (SSSR count). The normalized spacial score (nSPS) is 21.2. The number of nitrogens with zero attached hydrogens (tertiary/aromatic N) is 6. The number of nitriles is 1. The molecule has 1 aromatic carbocycles. The molecule has 1 saturated carbocycles. The van der Waals surface area contributed by atoms with E-state index in [-0.39, 0.29) is 35.9 Å². The van der Waals surface area contributed by atoms with Crippen molar-refractivity contribution in [2.45, 2.75) is 93.8 Å². The summed E-state index contributed by atoms with van der Waals surface area (Å²) in [6.45, 7) is 4.48. The number of ether oxygens (including phenoxy) is 1. The maximum Gasteiger partial charge on any atom is 0.417 e. The zero-order valence-corrected chi connectivity index (χ0v) is 32.8. The highest BCUT2D eigenvalue weighted by atomic mass is 35.5. The summed E-state index contributed by atoms with van der Waals surface area (Å²) >= 11 is 6.24. The van der Waals surface area contributed by atoms with Crippen molar-refractivity contribution >= 4 is 39.2 Å². The third-order valence-electron chi connectivity index (χ3n) is 10.9. The van der Waals surface area contributed by atoms with Crippen molar-refractivity contribution in [2.24, 2.45) is 0 Å². The van der Waals surface area contributed by atoms with Crippen molar-refractivity contribution in [3.63, 3.8) is 0 Å². The second-order valence-corrected chi connectivity index (χ2v) is 17.2. The molecular formula is C38H47ClF3N9O4S. The van der Waals surface area contributed by atoms with E-state index in [1.54, 1.807) is 24.4 Å². The number of piperazine rings is 2. The topological polar surface area (TPSA) is 165 Å². The molecule has 3 aliphatic rings. The Morgan fingerprint density at radius 1 is 1.12 bits per heavy atom. The highest BCUT2D eigenvalue weighted by Crippen LogP contribution is 2.36. The summed E-state index contributed by atoms with van der Waals surface area (Å²) in [6, 6.07) is 7.22. The molecule has 0 unspecified atom stereocenters. The molecule has 3 atom stereocenters. The minimum absolute atomic E-state index is 0.0221. The molecule has 3 N–H and O–H groups in total. The number of nitrogens with one attached hydrogen (secondary N) is 3. The van der Waals surface area contributed by atoms with Crippen molar-refractivity contribution in [1.82, 2.24) is 29.9 Å². The fourth-order valence-corrected chi connectivity index (χ4v) is 10.0. The first kappa shape index (κ1) is 41.6. The van der Waals surface area contributed by atoms with Crippen LogP contribution in [-0.2, 0) is 21.0 Å². The van der Waals surface area contributed by atoms with Gasteiger partial charge in [-0.05, 0) is 68.7 Å². The molecule has 4 heterocycles. The molecule has 0 bridgehead atoms. The Hall–Kier alpha value is -4.08. The predicted molar refractivity (Wildman–Crippen MR) is 206 cm³/mol. The lowest BCUT2D eigenvalue weighted by Crippen LogP contribution is -2.52. The molecule has 2 aliphatic heterocycles. The van der Waals surface area contributed by atoms with Gasteiger partial charge in [-0.1, -0.05) is 31.4 Å². The number of carbonyl (C=O) groups is 1. The van der Waals surface area contributed by atoms with Crippen LogP contribution >= 0.6 is 11.6 Å². The van der Waals surface area contributed by atoms with Crippen LogP contribution in [-0.4, -0.2) is 89.7 Å². The van der Waals surface area contributed by atoms with Gasteiger partial charge in [0, 0.05) is 69.8 Å². The first-order chi connectivity index (χ1) is 26.8. The summed E-state index contributed by atoms with van der Waals surface area (Å²) in [5, 5.41) is 18.3. The predicted octanol–water partition coefficient (Wildman–Crippen LogP) is 5.84. The summed E-state index contributed by atoms with van der Waals surface area (Å²) in [7, 11) is -3.73. The number of amides is 1. The van der Waals surface area contributed by atoms with Gasteiger partial charge in [-0.2, -0.15) is 22.7 Å². The highest BCUT2D eigenvalue weighted by molar-refractivity contribution is 7.89. The summed E-state index contributed by atoms with van der Waals surface area (Å²) < 4.78 is 75.4. The number of anilines is 2. The Labute approximate surface area is 330 Å². The van der Waals surface area contributed by atoms with Crippen molar-refractivity contribution in [2.75, 3.05) is 49.5 Å². The number of aromatic nitrogens is 3. The minimum atomic E-state index is -4.55. The molecule has 18 heteroatoms. The second kappa shape index (κ2) is 18.0. The Morgan fingerprint density at radius 3 is 2.62 bits per heavy atom. The fourth-order valence-electron chi connectivity index (χ4n) is 7.80. The van der Waals surface area contributed by atoms with E-state index < -0.39 is 38.7 Å². The number of sulfonamides is 1. The quantitative estimate of drug-likeness (QED) is 0.190. The molecule has 0 radical (unpaired) electrons. The molecule has 3 fully saturated rings. The first-order valence-corrected chi connectivity index (χ1v) is 20.9. The van der Waals surface area contributed by atoms with Crippen molar-refractivity contribution in [1.29, 1.82) is 5.26 Å². The minimum Gasteiger partial charge on any atom is -0.477 e. The van der Waals surface area contributed by atoms with Crippen LogP contribution < -0.4 is 25.6 Å². The van der Waals surface area contributed by atoms with Crippen LogP contribution in [0.3, 0.4) is 0 Å². The van der Waals surface area contributed by atoms with E-state index in [9.17, 15) is 31.6 Å². The molecule has 302 valence electrons. The van der Waals surface area contributed by atoms with Gasteiger partial charge in [-0.15, -0.1) is 0 Å². The maximum absolute atomic E-state index is 13.9. The smallest absolute Gasteiger partial charge is 0.417 e. The highest BCUT2D eigenvalue weighted by Gasteiger charge is 2.43. The molecule has 2 aromatic heterocycles. The Balaban J connectivity index is 1.06. The molecule has 1 aliphatic carbocycles. The molecule has 0 spiro atoms. The molecule has 3 aromatic rings. The van der Waals surface area contributed by atoms with Crippen LogP contribution in [0.25, 0.3) is 0 Å². The number of benzene rings is 1. The standard InChI is InChI=1S/C38H47ClF3N9O4S/c1-2-31(56(53,54)50-15-14-46-33(25-50)27-17-28(21-45-20-27)38(40,41)42)8-6-7-29-22-44-13-16-51(29)35-24-47-34(23-48-35)49-36(52)37(11-4-3-5-12-37)55-30-10-9-26(19-43)32(39)18-30/h9-10,17-18,20-21,23-24,29,31,33,44,46H,2-8,11-16,22,25H2,1H3,(H,47,49,52)/t29-,31-,33+/m1/s1. The van der Waals surface area contributed by atoms with Crippen molar-refractivity contribution in [3.05, 3.63) is 70.8 Å². The zero-order valence-electron chi connectivity index (χ0n) is 31.2. The monoisotopic (exact) mass is 817 g/mol. The lowest BCUT2D eigenvalue weighted by molar-refractivity contribution is -0.138. The van der Waals surface area contributed by atoms with E-state index in [1.165, 1.54) is 16.7 Å². The van der Waals surface area contributed by atoms with Gasteiger partial charge in [0.25, 0.3) is 5.91 Å². The zero-order chi connectivity index (χ0) is 39.9. The van der Waals surface area contributed by atoms with Gasteiger partial charge < -0.3 is 25.6 Å². The summed E-state index contributed by atoms with van der Waals surface area (Å²) in [5.41, 5.74) is -1.38. The Bertz CT molecular complexity index is 1980. The number of hydrogen-bond acceptors (Lipinski definition) is 11.